The second kappa shape index (κ2) is 11.6. The topological polar surface area (TPSA) is 41.1 Å². The van der Waals surface area contributed by atoms with Gasteiger partial charge in [0, 0.05) is 12.6 Å². The van der Waals surface area contributed by atoms with Gasteiger partial charge in [0.2, 0.25) is 0 Å². The van der Waals surface area contributed by atoms with Gasteiger partial charge in [0.25, 0.3) is 5.24 Å². The molecule has 0 fully saturated rings. The summed E-state index contributed by atoms with van der Waals surface area (Å²) in [4.78, 5) is 10.8. The number of rotatable bonds is 3. The van der Waals surface area contributed by atoms with Crippen LogP contribution in [0.4, 0.5) is 4.79 Å². The van der Waals surface area contributed by atoms with Crippen LogP contribution in [0.1, 0.15) is 6.92 Å². The summed E-state index contributed by atoms with van der Waals surface area (Å²) >= 11 is 10.4. The molecule has 0 heterocycles. The summed E-state index contributed by atoms with van der Waals surface area (Å²) in [5, 5.41) is 5.50. The number of thiocarbonyl (C=S) groups is 1. The Morgan fingerprint density at radius 2 is 2.14 bits per heavy atom. The standard InChI is InChI=1S/C6H12N2OS3.CH3.Zn/c1-4(3-7-6(10)11)8-5(9)12-2;;/h4H,3H2,1-2H3,(H,8,9)(H2,7,10,11);1H3;/q;-1;+2/p-1. The molecule has 0 aromatic heterocycles. The summed E-state index contributed by atoms with van der Waals surface area (Å²) < 4.78 is 0.334. The van der Waals surface area contributed by atoms with E-state index in [1.165, 1.54) is 0 Å². The molecule has 1 atom stereocenters. The van der Waals surface area contributed by atoms with Gasteiger partial charge in [-0.25, -0.2) is 0 Å². The van der Waals surface area contributed by atoms with Crippen LogP contribution < -0.4 is 10.6 Å². The molecular formula is C7H14N2OS3Zn. The molecule has 2 N–H and O–H groups in total. The predicted molar refractivity (Wildman–Crippen MR) is 65.9 cm³/mol. The van der Waals surface area contributed by atoms with E-state index in [1.807, 2.05) is 6.92 Å². The first-order valence-corrected chi connectivity index (χ1v) is 5.39. The number of carbonyl (C=O) groups excluding carboxylic acids is 1. The molecule has 0 radical (unpaired) electrons. The Hall–Kier alpha value is 0.553. The van der Waals surface area contributed by atoms with Crippen molar-refractivity contribution in [2.75, 3.05) is 12.8 Å². The summed E-state index contributed by atoms with van der Waals surface area (Å²) in [7, 11) is 0. The number of amides is 1. The molecule has 7 heteroatoms. The molecule has 0 saturated heterocycles. The normalized spacial score (nSPS) is 10.1. The van der Waals surface area contributed by atoms with Crippen LogP contribution in [0.25, 0.3) is 0 Å². The summed E-state index contributed by atoms with van der Waals surface area (Å²) in [5.41, 5.74) is 0. The van der Waals surface area contributed by atoms with Gasteiger partial charge < -0.3 is 42.9 Å². The van der Waals surface area contributed by atoms with Gasteiger partial charge in [-0.05, 0) is 13.2 Å². The Balaban J connectivity index is -0.000000605. The van der Waals surface area contributed by atoms with E-state index in [9.17, 15) is 4.79 Å². The van der Waals surface area contributed by atoms with Crippen LogP contribution in [0.15, 0.2) is 0 Å². The largest absolute Gasteiger partial charge is 2.00 e. The van der Waals surface area contributed by atoms with E-state index in [4.69, 9.17) is 0 Å². The molecule has 3 nitrogen and oxygen atoms in total. The number of hydrogen-bond donors (Lipinski definition) is 2. The van der Waals surface area contributed by atoms with E-state index in [0.29, 0.717) is 10.9 Å². The van der Waals surface area contributed by atoms with Crippen molar-refractivity contribution < 1.29 is 24.3 Å². The number of nitrogens with one attached hydrogen (secondary N) is 2. The average molecular weight is 304 g/mol. The van der Waals surface area contributed by atoms with Crippen LogP contribution in [0.5, 0.6) is 0 Å². The third-order valence-electron chi connectivity index (χ3n) is 1.10. The van der Waals surface area contributed by atoms with Crippen molar-refractivity contribution in [3.63, 3.8) is 0 Å². The van der Waals surface area contributed by atoms with E-state index in [0.717, 1.165) is 11.8 Å². The van der Waals surface area contributed by atoms with Crippen LogP contribution in [-0.4, -0.2) is 28.4 Å². The van der Waals surface area contributed by atoms with Crippen molar-refractivity contribution in [1.29, 1.82) is 0 Å². The third-order valence-corrected chi connectivity index (χ3v) is 1.88. The molecule has 0 aromatic rings. The molecule has 0 spiro atoms. The predicted octanol–water partition coefficient (Wildman–Crippen LogP) is 1.32. The maximum Gasteiger partial charge on any atom is 2.00 e. The van der Waals surface area contributed by atoms with Gasteiger partial charge in [-0.3, -0.25) is 4.79 Å². The summed E-state index contributed by atoms with van der Waals surface area (Å²) in [5.74, 6) is 0. The van der Waals surface area contributed by atoms with Gasteiger partial charge in [0.05, 0.1) is 0 Å². The molecule has 0 bridgehead atoms. The SMILES string of the molecule is CSC(=O)NC(C)CNC(=S)[S-].[CH3-].[Zn+2]. The minimum Gasteiger partial charge on any atom is -0.412 e. The van der Waals surface area contributed by atoms with Crippen LogP contribution in [-0.2, 0) is 32.1 Å². The first-order valence-electron chi connectivity index (χ1n) is 3.35. The third kappa shape index (κ3) is 12.6. The average Bonchev–Trinajstić information content (AvgIpc) is 2.00. The molecule has 0 aliphatic rings. The van der Waals surface area contributed by atoms with E-state index >= 15 is 0 Å². The quantitative estimate of drug-likeness (QED) is 0.356. The monoisotopic (exact) mass is 302 g/mol. The van der Waals surface area contributed by atoms with E-state index in [-0.39, 0.29) is 38.2 Å². The fraction of sp³-hybridized carbons (Fsp3) is 0.571. The van der Waals surface area contributed by atoms with Gasteiger partial charge in [0.15, 0.2) is 0 Å². The van der Waals surface area contributed by atoms with Crippen molar-refractivity contribution in [2.45, 2.75) is 13.0 Å². The molecular weight excluding hydrogens is 290 g/mol. The number of thioether (sulfide) groups is 1. The summed E-state index contributed by atoms with van der Waals surface area (Å²) in [6.07, 6.45) is 1.73. The van der Waals surface area contributed by atoms with Gasteiger partial charge in [-0.15, -0.1) is 0 Å². The number of hydrogen-bond acceptors (Lipinski definition) is 4. The Kier molecular flexibility index (Phi) is 16.6. The smallest absolute Gasteiger partial charge is 0.412 e. The fourth-order valence-corrected chi connectivity index (χ4v) is 1.03. The molecule has 0 saturated carbocycles. The zero-order valence-electron chi connectivity index (χ0n) is 8.62. The zero-order chi connectivity index (χ0) is 9.56. The Morgan fingerprint density at radius 1 is 1.64 bits per heavy atom. The summed E-state index contributed by atoms with van der Waals surface area (Å²) in [6, 6.07) is 0.0471. The molecule has 1 amide bonds. The van der Waals surface area contributed by atoms with Gasteiger partial charge in [-0.1, -0.05) is 16.1 Å². The van der Waals surface area contributed by atoms with Crippen LogP contribution >= 0.6 is 24.0 Å². The molecule has 0 aliphatic carbocycles. The summed E-state index contributed by atoms with van der Waals surface area (Å²) in [6.45, 7) is 2.46. The minimum absolute atomic E-state index is 0. The fourth-order valence-electron chi connectivity index (χ4n) is 0.548. The Labute approximate surface area is 114 Å². The Morgan fingerprint density at radius 3 is 2.50 bits per heavy atom. The van der Waals surface area contributed by atoms with Crippen LogP contribution in [0, 0.1) is 7.43 Å². The maximum atomic E-state index is 10.8. The van der Waals surface area contributed by atoms with Crippen molar-refractivity contribution in [1.82, 2.24) is 10.6 Å². The Bertz CT molecular complexity index is 180. The van der Waals surface area contributed by atoms with Gasteiger partial charge in [-0.2, -0.15) is 0 Å². The van der Waals surface area contributed by atoms with Crippen molar-refractivity contribution in [3.05, 3.63) is 7.43 Å². The second-order valence-corrected chi connectivity index (χ2v) is 4.06. The number of carbonyl (C=O) groups is 1. The zero-order valence-corrected chi connectivity index (χ0v) is 14.0. The van der Waals surface area contributed by atoms with E-state index < -0.39 is 0 Å². The maximum absolute atomic E-state index is 10.8. The molecule has 0 rings (SSSR count). The van der Waals surface area contributed by atoms with Gasteiger partial charge >= 0.3 is 19.5 Å². The minimum atomic E-state index is -0.0420. The second-order valence-electron chi connectivity index (χ2n) is 2.21. The van der Waals surface area contributed by atoms with Gasteiger partial charge in [0.1, 0.15) is 0 Å². The van der Waals surface area contributed by atoms with Crippen molar-refractivity contribution in [3.8, 4) is 0 Å². The van der Waals surface area contributed by atoms with Crippen LogP contribution in [0.3, 0.4) is 0 Å². The molecule has 0 aliphatic heterocycles. The van der Waals surface area contributed by atoms with Crippen molar-refractivity contribution >= 4 is 46.2 Å². The van der Waals surface area contributed by atoms with Crippen LogP contribution in [0.2, 0.25) is 0 Å². The molecule has 1 unspecified atom stereocenters. The molecule has 78 valence electrons. The van der Waals surface area contributed by atoms with E-state index in [2.05, 4.69) is 35.5 Å². The molecule has 14 heavy (non-hydrogen) atoms. The van der Waals surface area contributed by atoms with E-state index in [1.54, 1.807) is 6.26 Å². The first-order chi connectivity index (χ1) is 5.56. The molecule has 0 aromatic carbocycles. The van der Waals surface area contributed by atoms with Crippen molar-refractivity contribution in [2.24, 2.45) is 0 Å². The first kappa shape index (κ1) is 20.0.